The first-order valence-corrected chi connectivity index (χ1v) is 7.12. The van der Waals surface area contributed by atoms with Gasteiger partial charge in [0.15, 0.2) is 0 Å². The maximum Gasteiger partial charge on any atom is 0.0591 e. The van der Waals surface area contributed by atoms with Crippen LogP contribution in [-0.2, 0) is 4.74 Å². The van der Waals surface area contributed by atoms with Crippen molar-refractivity contribution in [1.29, 1.82) is 0 Å². The van der Waals surface area contributed by atoms with E-state index in [2.05, 4.69) is 26.1 Å². The summed E-state index contributed by atoms with van der Waals surface area (Å²) in [4.78, 5) is 0. The Morgan fingerprint density at radius 1 is 1.19 bits per heavy atom. The molecule has 0 saturated carbocycles. The normalized spacial score (nSPS) is 12.4. The molecule has 4 heteroatoms. The van der Waals surface area contributed by atoms with Crippen LogP contribution in [0.25, 0.3) is 0 Å². The molecule has 0 atom stereocenters. The summed E-state index contributed by atoms with van der Waals surface area (Å²) >= 11 is 11.8. The van der Waals surface area contributed by atoms with Crippen LogP contribution in [-0.4, -0.2) is 37.1 Å². The van der Waals surface area contributed by atoms with Crippen LogP contribution < -0.4 is 5.32 Å². The van der Waals surface area contributed by atoms with Crippen molar-refractivity contribution < 1.29 is 4.74 Å². The Morgan fingerprint density at radius 2 is 1.81 bits per heavy atom. The molecular formula is C12H25Cl2NO. The molecule has 98 valence electrons. The summed E-state index contributed by atoms with van der Waals surface area (Å²) in [5.74, 6) is 1.78. The Kier molecular flexibility index (Phi) is 9.82. The lowest BCUT2D eigenvalue weighted by Crippen LogP contribution is -2.49. The maximum atomic E-state index is 5.92. The van der Waals surface area contributed by atoms with Gasteiger partial charge in [-0.2, -0.15) is 0 Å². The van der Waals surface area contributed by atoms with E-state index in [1.807, 2.05) is 0 Å². The summed E-state index contributed by atoms with van der Waals surface area (Å²) in [5.41, 5.74) is -0.134. The molecule has 0 aromatic heterocycles. The molecule has 0 heterocycles. The van der Waals surface area contributed by atoms with E-state index in [-0.39, 0.29) is 5.54 Å². The fourth-order valence-corrected chi connectivity index (χ4v) is 2.11. The molecular weight excluding hydrogens is 245 g/mol. The van der Waals surface area contributed by atoms with Crippen molar-refractivity contribution in [2.24, 2.45) is 5.92 Å². The van der Waals surface area contributed by atoms with Gasteiger partial charge in [0.2, 0.25) is 0 Å². The summed E-state index contributed by atoms with van der Waals surface area (Å²) in [6.07, 6.45) is 2.05. The fourth-order valence-electron chi connectivity index (χ4n) is 1.25. The highest BCUT2D eigenvalue weighted by molar-refractivity contribution is 6.22. The Hall–Kier alpha value is 0.500. The van der Waals surface area contributed by atoms with Gasteiger partial charge in [-0.1, -0.05) is 20.8 Å². The second-order valence-corrected chi connectivity index (χ2v) is 5.16. The monoisotopic (exact) mass is 269 g/mol. The lowest BCUT2D eigenvalue weighted by atomic mass is 10.0. The number of alkyl halides is 2. The van der Waals surface area contributed by atoms with Crippen molar-refractivity contribution in [2.45, 2.75) is 39.2 Å². The zero-order valence-corrected chi connectivity index (χ0v) is 12.2. The first-order valence-electron chi connectivity index (χ1n) is 6.05. The highest BCUT2D eigenvalue weighted by Crippen LogP contribution is 2.14. The lowest BCUT2D eigenvalue weighted by Gasteiger charge is -2.29. The van der Waals surface area contributed by atoms with Gasteiger partial charge in [-0.05, 0) is 18.8 Å². The molecule has 0 radical (unpaired) electrons. The van der Waals surface area contributed by atoms with Gasteiger partial charge in [-0.3, -0.25) is 0 Å². The first-order chi connectivity index (χ1) is 7.60. The molecule has 0 aliphatic heterocycles. The standard InChI is InChI=1S/C12H25Cl2NO/c1-4-12(9-13,10-14)15-6-8-16-7-5-11(2)3/h11,15H,4-10H2,1-3H3. The second kappa shape index (κ2) is 9.52. The molecule has 16 heavy (non-hydrogen) atoms. The molecule has 0 fully saturated rings. The molecule has 0 bridgehead atoms. The molecule has 1 N–H and O–H groups in total. The van der Waals surface area contributed by atoms with E-state index in [0.717, 1.165) is 32.6 Å². The number of hydrogen-bond acceptors (Lipinski definition) is 2. The average molecular weight is 270 g/mol. The zero-order chi connectivity index (χ0) is 12.4. The van der Waals surface area contributed by atoms with E-state index in [4.69, 9.17) is 27.9 Å². The summed E-state index contributed by atoms with van der Waals surface area (Å²) < 4.78 is 5.52. The number of rotatable bonds is 10. The minimum absolute atomic E-state index is 0.134. The second-order valence-electron chi connectivity index (χ2n) is 4.62. The third-order valence-electron chi connectivity index (χ3n) is 2.77. The van der Waals surface area contributed by atoms with Crippen LogP contribution in [0.1, 0.15) is 33.6 Å². The minimum atomic E-state index is -0.134. The van der Waals surface area contributed by atoms with Gasteiger partial charge < -0.3 is 10.1 Å². The van der Waals surface area contributed by atoms with E-state index in [9.17, 15) is 0 Å². The van der Waals surface area contributed by atoms with Gasteiger partial charge in [0, 0.05) is 30.5 Å². The summed E-state index contributed by atoms with van der Waals surface area (Å²) in [7, 11) is 0. The van der Waals surface area contributed by atoms with Gasteiger partial charge in [0.25, 0.3) is 0 Å². The fraction of sp³-hybridized carbons (Fsp3) is 1.00. The summed E-state index contributed by atoms with van der Waals surface area (Å²) in [6, 6.07) is 0. The van der Waals surface area contributed by atoms with Gasteiger partial charge in [-0.25, -0.2) is 0 Å². The van der Waals surface area contributed by atoms with Crippen LogP contribution in [0.2, 0.25) is 0 Å². The quantitative estimate of drug-likeness (QED) is 0.486. The molecule has 0 spiro atoms. The van der Waals surface area contributed by atoms with Crippen molar-refractivity contribution in [1.82, 2.24) is 5.32 Å². The Balaban J connectivity index is 3.55. The van der Waals surface area contributed by atoms with Crippen molar-refractivity contribution in [2.75, 3.05) is 31.5 Å². The van der Waals surface area contributed by atoms with Crippen LogP contribution in [0.4, 0.5) is 0 Å². The smallest absolute Gasteiger partial charge is 0.0591 e. The van der Waals surface area contributed by atoms with Crippen LogP contribution >= 0.6 is 23.2 Å². The Bertz CT molecular complexity index is 153. The van der Waals surface area contributed by atoms with E-state index in [1.54, 1.807) is 0 Å². The van der Waals surface area contributed by atoms with Gasteiger partial charge in [-0.15, -0.1) is 23.2 Å². The van der Waals surface area contributed by atoms with Gasteiger partial charge in [0.1, 0.15) is 0 Å². The van der Waals surface area contributed by atoms with E-state index >= 15 is 0 Å². The van der Waals surface area contributed by atoms with Crippen LogP contribution in [0.5, 0.6) is 0 Å². The third kappa shape index (κ3) is 6.95. The number of nitrogens with one attached hydrogen (secondary N) is 1. The first kappa shape index (κ1) is 16.5. The van der Waals surface area contributed by atoms with E-state index < -0.39 is 0 Å². The molecule has 0 aromatic rings. The maximum absolute atomic E-state index is 5.92. The minimum Gasteiger partial charge on any atom is -0.380 e. The molecule has 0 rings (SSSR count). The lowest BCUT2D eigenvalue weighted by molar-refractivity contribution is 0.120. The highest BCUT2D eigenvalue weighted by atomic mass is 35.5. The van der Waals surface area contributed by atoms with Crippen molar-refractivity contribution in [3.8, 4) is 0 Å². The Morgan fingerprint density at radius 3 is 2.25 bits per heavy atom. The van der Waals surface area contributed by atoms with Crippen LogP contribution in [0.3, 0.4) is 0 Å². The summed E-state index contributed by atoms with van der Waals surface area (Å²) in [6.45, 7) is 8.86. The van der Waals surface area contributed by atoms with Crippen LogP contribution in [0, 0.1) is 5.92 Å². The van der Waals surface area contributed by atoms with Crippen LogP contribution in [0.15, 0.2) is 0 Å². The third-order valence-corrected chi connectivity index (χ3v) is 3.80. The Labute approximate surface area is 110 Å². The topological polar surface area (TPSA) is 21.3 Å². The number of halogens is 2. The summed E-state index contributed by atoms with van der Waals surface area (Å²) in [5, 5.41) is 3.38. The predicted molar refractivity (Wildman–Crippen MR) is 72.7 cm³/mol. The molecule has 0 saturated heterocycles. The van der Waals surface area contributed by atoms with E-state index in [1.165, 1.54) is 0 Å². The largest absolute Gasteiger partial charge is 0.380 e. The zero-order valence-electron chi connectivity index (χ0n) is 10.7. The molecule has 0 aromatic carbocycles. The number of ether oxygens (including phenoxy) is 1. The van der Waals surface area contributed by atoms with Gasteiger partial charge >= 0.3 is 0 Å². The molecule has 2 nitrogen and oxygen atoms in total. The average Bonchev–Trinajstić information content (AvgIpc) is 2.29. The van der Waals surface area contributed by atoms with Crippen molar-refractivity contribution in [3.63, 3.8) is 0 Å². The van der Waals surface area contributed by atoms with E-state index in [0.29, 0.717) is 17.7 Å². The van der Waals surface area contributed by atoms with Crippen molar-refractivity contribution >= 4 is 23.2 Å². The van der Waals surface area contributed by atoms with Crippen molar-refractivity contribution in [3.05, 3.63) is 0 Å². The molecule has 0 aliphatic carbocycles. The molecule has 0 amide bonds. The number of hydrogen-bond donors (Lipinski definition) is 1. The molecule has 0 aliphatic rings. The molecule has 0 unspecified atom stereocenters. The highest BCUT2D eigenvalue weighted by Gasteiger charge is 2.24. The van der Waals surface area contributed by atoms with Gasteiger partial charge in [0.05, 0.1) is 6.61 Å². The predicted octanol–water partition coefficient (Wildman–Crippen LogP) is 3.27. The SMILES string of the molecule is CCC(CCl)(CCl)NCCOCCC(C)C.